The van der Waals surface area contributed by atoms with Gasteiger partial charge in [-0.1, -0.05) is 0 Å². The van der Waals surface area contributed by atoms with E-state index in [2.05, 4.69) is 25.5 Å². The monoisotopic (exact) mass is 333 g/mol. The van der Waals surface area contributed by atoms with Crippen LogP contribution in [0.25, 0.3) is 0 Å². The second kappa shape index (κ2) is 6.55. The third-order valence-electron chi connectivity index (χ3n) is 3.23. The van der Waals surface area contributed by atoms with Gasteiger partial charge in [-0.05, 0) is 11.4 Å². The fourth-order valence-electron chi connectivity index (χ4n) is 2.03. The topological polar surface area (TPSA) is 184 Å². The molecule has 12 heteroatoms. The summed E-state index contributed by atoms with van der Waals surface area (Å²) < 4.78 is 15.7. The van der Waals surface area contributed by atoms with Gasteiger partial charge in [-0.2, -0.15) is 4.98 Å². The van der Waals surface area contributed by atoms with Crippen molar-refractivity contribution in [3.63, 3.8) is 0 Å². The van der Waals surface area contributed by atoms with E-state index < -0.39 is 13.2 Å². The highest BCUT2D eigenvalue weighted by atomic mass is 31.2. The van der Waals surface area contributed by atoms with Gasteiger partial charge < -0.3 is 15.7 Å². The summed E-state index contributed by atoms with van der Waals surface area (Å²) in [7, 11) is -3.73. The van der Waals surface area contributed by atoms with Crippen LogP contribution in [0.4, 0.5) is 17.5 Å². The van der Waals surface area contributed by atoms with Gasteiger partial charge >= 0.3 is 18.8 Å². The van der Waals surface area contributed by atoms with Crippen LogP contribution in [0.15, 0.2) is 4.79 Å². The number of nitrogens with two attached hydrogens (primary N) is 1. The minimum Gasteiger partial charge on any atom is -0.396 e. The summed E-state index contributed by atoms with van der Waals surface area (Å²) in [5, 5.41) is 9.40. The van der Waals surface area contributed by atoms with Crippen molar-refractivity contribution in [3.05, 3.63) is 10.4 Å². The van der Waals surface area contributed by atoms with Gasteiger partial charge in [0, 0.05) is 12.5 Å². The lowest BCUT2D eigenvalue weighted by atomic mass is 10.1. The first kappa shape index (κ1) is 16.6. The highest BCUT2D eigenvalue weighted by Gasteiger charge is 2.33. The van der Waals surface area contributed by atoms with Crippen molar-refractivity contribution >= 4 is 31.4 Å². The first-order chi connectivity index (χ1) is 10.4. The van der Waals surface area contributed by atoms with Crippen molar-refractivity contribution in [1.29, 1.82) is 0 Å². The Labute approximate surface area is 125 Å². The number of quaternary nitrogens is 1. The van der Waals surface area contributed by atoms with Crippen LogP contribution in [-0.4, -0.2) is 45.6 Å². The second-order valence-corrected chi connectivity index (χ2v) is 6.83. The number of anilines is 2. The molecule has 0 aromatic carbocycles. The number of nitrogen functional groups attached to an aromatic ring is 1. The number of aliphatic hydroxyl groups is 1. The quantitative estimate of drug-likeness (QED) is 0.268. The molecule has 11 nitrogen and oxygen atoms in total. The molecule has 0 fully saturated rings. The Balaban J connectivity index is 2.07. The van der Waals surface area contributed by atoms with E-state index in [1.165, 1.54) is 6.34 Å². The molecule has 0 bridgehead atoms. The number of aliphatic imine (C=N–C) groups is 1. The minimum atomic E-state index is -3.73. The fourth-order valence-corrected chi connectivity index (χ4v) is 2.85. The first-order valence-electron chi connectivity index (χ1n) is 6.43. The van der Waals surface area contributed by atoms with Crippen LogP contribution in [0.1, 0.15) is 6.42 Å². The van der Waals surface area contributed by atoms with E-state index in [-0.39, 0.29) is 43.3 Å². The molecule has 0 saturated heterocycles. The maximum Gasteiger partial charge on any atom is 0.379 e. The van der Waals surface area contributed by atoms with Crippen LogP contribution in [0, 0.1) is 5.92 Å². The summed E-state index contributed by atoms with van der Waals surface area (Å²) in [6.07, 6.45) is 1.51. The van der Waals surface area contributed by atoms with Gasteiger partial charge in [-0.3, -0.25) is 14.3 Å². The second-order valence-electron chi connectivity index (χ2n) is 4.85. The third-order valence-corrected chi connectivity index (χ3v) is 4.45. The largest absolute Gasteiger partial charge is 0.396 e. The SMILES string of the molecule is Nc1nc2c(c(=O)[nH]1)[N+]=CN2CC(CO)CCP(=O)(O)O[NH3+]. The molecule has 2 unspecified atom stereocenters. The Bertz CT molecular complexity index is 676. The zero-order valence-electron chi connectivity index (χ0n) is 11.7. The van der Waals surface area contributed by atoms with Crippen LogP contribution >= 0.6 is 7.60 Å². The number of nitrogens with zero attached hydrogens (tertiary/aromatic N) is 3. The van der Waals surface area contributed by atoms with Crippen LogP contribution in [-0.2, 0) is 9.19 Å². The van der Waals surface area contributed by atoms with Gasteiger partial charge in [0.15, 0.2) is 0 Å². The number of hydrogen-bond donors (Lipinski definition) is 5. The van der Waals surface area contributed by atoms with Crippen LogP contribution in [0.5, 0.6) is 0 Å². The van der Waals surface area contributed by atoms with E-state index in [0.29, 0.717) is 5.82 Å². The van der Waals surface area contributed by atoms with Crippen molar-refractivity contribution in [3.8, 4) is 0 Å². The molecule has 2 atom stereocenters. The Kier molecular flexibility index (Phi) is 4.94. The molecule has 0 amide bonds. The molecule has 1 aliphatic heterocycles. The zero-order chi connectivity index (χ0) is 16.3. The molecular weight excluding hydrogens is 315 g/mol. The lowest BCUT2D eigenvalue weighted by molar-refractivity contribution is -0.640. The molecule has 22 heavy (non-hydrogen) atoms. The molecule has 2 rings (SSSR count). The van der Waals surface area contributed by atoms with E-state index in [1.54, 1.807) is 4.90 Å². The summed E-state index contributed by atoms with van der Waals surface area (Å²) in [5.74, 6) is 2.86. The van der Waals surface area contributed by atoms with Crippen LogP contribution in [0.2, 0.25) is 0 Å². The zero-order valence-corrected chi connectivity index (χ0v) is 12.6. The molecule has 121 valence electrons. The normalized spacial score (nSPS) is 17.3. The summed E-state index contributed by atoms with van der Waals surface area (Å²) in [5.41, 5.74) is 5.19. The first-order valence-corrected chi connectivity index (χ1v) is 8.19. The highest BCUT2D eigenvalue weighted by Crippen LogP contribution is 2.40. The third kappa shape index (κ3) is 3.70. The van der Waals surface area contributed by atoms with E-state index in [0.717, 1.165) is 0 Å². The van der Waals surface area contributed by atoms with Crippen molar-refractivity contribution < 1.29 is 25.1 Å². The van der Waals surface area contributed by atoms with Gasteiger partial charge in [0.1, 0.15) is 0 Å². The summed E-state index contributed by atoms with van der Waals surface area (Å²) >= 11 is 0. The Morgan fingerprint density at radius 3 is 3.00 bits per heavy atom. The molecular formula is C10H18N6O5P+2. The van der Waals surface area contributed by atoms with Crippen molar-refractivity contribution in [2.75, 3.05) is 29.9 Å². The van der Waals surface area contributed by atoms with Gasteiger partial charge in [0.25, 0.3) is 12.2 Å². The van der Waals surface area contributed by atoms with E-state index in [4.69, 9.17) is 5.73 Å². The maximum absolute atomic E-state index is 11.7. The fraction of sp³-hybridized carbons (Fsp3) is 0.500. The van der Waals surface area contributed by atoms with E-state index >= 15 is 0 Å². The smallest absolute Gasteiger partial charge is 0.379 e. The predicted octanol–water partition coefficient (Wildman–Crippen LogP) is -2.47. The number of aliphatic hydroxyl groups excluding tert-OH is 1. The molecule has 8 N–H and O–H groups in total. The summed E-state index contributed by atoms with van der Waals surface area (Å²) in [6.45, 7) is 0.0511. The number of nitrogens with one attached hydrogen (secondary N) is 1. The number of fused-ring (bicyclic) bond motifs is 1. The Morgan fingerprint density at radius 2 is 2.36 bits per heavy atom. The maximum atomic E-state index is 11.7. The van der Waals surface area contributed by atoms with Gasteiger partial charge in [-0.15, -0.1) is 4.62 Å². The number of aromatic amines is 1. The molecule has 0 saturated carbocycles. The van der Waals surface area contributed by atoms with Crippen molar-refractivity contribution in [1.82, 2.24) is 15.0 Å². The van der Waals surface area contributed by atoms with E-state index in [1.807, 2.05) is 0 Å². The lowest BCUT2D eigenvalue weighted by Crippen LogP contribution is -2.47. The average molecular weight is 333 g/mol. The lowest BCUT2D eigenvalue weighted by Gasteiger charge is -2.16. The molecule has 1 aromatic heterocycles. The van der Waals surface area contributed by atoms with Crippen molar-refractivity contribution in [2.24, 2.45) is 5.92 Å². The molecule has 1 radical (unpaired) electrons. The molecule has 2 heterocycles. The van der Waals surface area contributed by atoms with Gasteiger partial charge in [-0.25, -0.2) is 10.8 Å². The Morgan fingerprint density at radius 1 is 1.64 bits per heavy atom. The number of hydrogen-bond acceptors (Lipinski definition) is 8. The average Bonchev–Trinajstić information content (AvgIpc) is 2.86. The van der Waals surface area contributed by atoms with Crippen molar-refractivity contribution in [2.45, 2.75) is 6.42 Å². The molecule has 1 aliphatic rings. The number of aromatic nitrogens is 2. The molecule has 0 aliphatic carbocycles. The number of rotatable bonds is 7. The van der Waals surface area contributed by atoms with E-state index in [9.17, 15) is 19.4 Å². The minimum absolute atomic E-state index is 0.0369. The number of H-pyrrole nitrogens is 1. The Hall–Kier alpha value is -1.78. The van der Waals surface area contributed by atoms with Crippen LogP contribution in [0.3, 0.4) is 0 Å². The highest BCUT2D eigenvalue weighted by molar-refractivity contribution is 7.52. The molecule has 0 spiro atoms. The van der Waals surface area contributed by atoms with Crippen LogP contribution < -0.4 is 27.1 Å². The summed E-state index contributed by atoms with van der Waals surface area (Å²) in [4.78, 5) is 32.9. The van der Waals surface area contributed by atoms with Gasteiger partial charge in [0.05, 0.1) is 12.7 Å². The van der Waals surface area contributed by atoms with Gasteiger partial charge in [0.2, 0.25) is 5.95 Å². The summed E-state index contributed by atoms with van der Waals surface area (Å²) in [6, 6.07) is 0. The molecule has 1 aromatic rings. The standard InChI is InChI=1S/C10H17N6O5P/c11-10-14-8-7(9(18)15-10)13-5-16(8)3-6(4-17)1-2-22(19,20)21-12/h5-6,17H,1-4H2,12H3,(H3-,11,14,15,18,19,20)/q+1/p+1. The predicted molar refractivity (Wildman–Crippen MR) is 78.3 cm³/mol.